The molecule has 1 saturated heterocycles. The van der Waals surface area contributed by atoms with Crippen LogP contribution in [0.1, 0.15) is 11.1 Å². The molecule has 0 spiro atoms. The number of halogens is 1. The van der Waals surface area contributed by atoms with Gasteiger partial charge in [-0.05, 0) is 43.2 Å². The van der Waals surface area contributed by atoms with Crippen molar-refractivity contribution < 1.29 is 17.5 Å². The number of ether oxygens (including phenoxy) is 1. The van der Waals surface area contributed by atoms with Crippen LogP contribution >= 0.6 is 0 Å². The number of aryl methyl sites for hydroxylation is 2. The number of morpholine rings is 1. The maximum absolute atomic E-state index is 13.8. The fraction of sp³-hybridized carbons (Fsp3) is 0.333. The summed E-state index contributed by atoms with van der Waals surface area (Å²) in [5.74, 6) is -0.490. The van der Waals surface area contributed by atoms with Gasteiger partial charge in [0.2, 0.25) is 0 Å². The van der Waals surface area contributed by atoms with Crippen LogP contribution in [0.5, 0.6) is 0 Å². The zero-order valence-corrected chi connectivity index (χ0v) is 15.1. The van der Waals surface area contributed by atoms with Crippen molar-refractivity contribution in [1.82, 2.24) is 0 Å². The molecule has 2 aromatic rings. The van der Waals surface area contributed by atoms with E-state index in [1.54, 1.807) is 25.1 Å². The first kappa shape index (κ1) is 17.7. The molecule has 0 atom stereocenters. The topological polar surface area (TPSA) is 58.6 Å². The molecule has 0 aromatic heterocycles. The van der Waals surface area contributed by atoms with Crippen molar-refractivity contribution in [2.45, 2.75) is 18.7 Å². The second-order valence-corrected chi connectivity index (χ2v) is 7.79. The van der Waals surface area contributed by atoms with Crippen LogP contribution in [0.3, 0.4) is 0 Å². The molecule has 0 radical (unpaired) electrons. The van der Waals surface area contributed by atoms with Gasteiger partial charge >= 0.3 is 0 Å². The minimum Gasteiger partial charge on any atom is -0.378 e. The van der Waals surface area contributed by atoms with Crippen LogP contribution in [0.4, 0.5) is 15.8 Å². The highest BCUT2D eigenvalue weighted by Gasteiger charge is 2.22. The van der Waals surface area contributed by atoms with Gasteiger partial charge in [-0.25, -0.2) is 12.8 Å². The molecule has 1 aliphatic rings. The Kier molecular flexibility index (Phi) is 4.96. The van der Waals surface area contributed by atoms with Gasteiger partial charge in [0.15, 0.2) is 0 Å². The Bertz CT molecular complexity index is 878. The average Bonchev–Trinajstić information content (AvgIpc) is 2.57. The van der Waals surface area contributed by atoms with Crippen molar-refractivity contribution in [1.29, 1.82) is 0 Å². The summed E-state index contributed by atoms with van der Waals surface area (Å²) in [6.45, 7) is 5.94. The van der Waals surface area contributed by atoms with Gasteiger partial charge in [0.25, 0.3) is 10.0 Å². The summed E-state index contributed by atoms with van der Waals surface area (Å²) in [7, 11) is -3.82. The van der Waals surface area contributed by atoms with Crippen LogP contribution < -0.4 is 9.62 Å². The minimum absolute atomic E-state index is 0.199. The van der Waals surface area contributed by atoms with E-state index in [1.165, 1.54) is 12.1 Å². The van der Waals surface area contributed by atoms with Gasteiger partial charge in [-0.1, -0.05) is 12.1 Å². The third-order valence-electron chi connectivity index (χ3n) is 4.19. The van der Waals surface area contributed by atoms with Crippen LogP contribution in [0, 0.1) is 19.7 Å². The van der Waals surface area contributed by atoms with Gasteiger partial charge in [-0.15, -0.1) is 0 Å². The number of sulfonamides is 1. The summed E-state index contributed by atoms with van der Waals surface area (Å²) in [5, 5.41) is 0. The zero-order valence-electron chi connectivity index (χ0n) is 14.3. The molecule has 0 aliphatic carbocycles. The Labute approximate surface area is 147 Å². The first-order valence-corrected chi connectivity index (χ1v) is 9.57. The van der Waals surface area contributed by atoms with Crippen molar-refractivity contribution in [3.63, 3.8) is 0 Å². The Morgan fingerprint density at radius 2 is 1.80 bits per heavy atom. The maximum atomic E-state index is 13.8. The summed E-state index contributed by atoms with van der Waals surface area (Å²) in [6.07, 6.45) is 0. The van der Waals surface area contributed by atoms with Gasteiger partial charge < -0.3 is 9.64 Å². The van der Waals surface area contributed by atoms with E-state index in [0.29, 0.717) is 37.6 Å². The van der Waals surface area contributed by atoms with Gasteiger partial charge in [0.05, 0.1) is 29.5 Å². The van der Waals surface area contributed by atoms with E-state index >= 15 is 0 Å². The molecule has 0 amide bonds. The summed E-state index contributed by atoms with van der Waals surface area (Å²) < 4.78 is 47.3. The predicted molar refractivity (Wildman–Crippen MR) is 96.2 cm³/mol. The molecule has 1 N–H and O–H groups in total. The molecule has 5 nitrogen and oxygen atoms in total. The van der Waals surface area contributed by atoms with E-state index in [4.69, 9.17) is 4.74 Å². The maximum Gasteiger partial charge on any atom is 0.262 e. The fourth-order valence-corrected chi connectivity index (χ4v) is 4.26. The Morgan fingerprint density at radius 3 is 2.52 bits per heavy atom. The highest BCUT2D eigenvalue weighted by atomic mass is 32.2. The number of benzene rings is 2. The fourth-order valence-electron chi connectivity index (χ4n) is 2.87. The number of rotatable bonds is 4. The van der Waals surface area contributed by atoms with E-state index in [0.717, 1.165) is 5.56 Å². The normalized spacial score (nSPS) is 15.2. The third kappa shape index (κ3) is 3.93. The molecule has 1 fully saturated rings. The largest absolute Gasteiger partial charge is 0.378 e. The van der Waals surface area contributed by atoms with Crippen LogP contribution in [-0.2, 0) is 14.8 Å². The lowest BCUT2D eigenvalue weighted by atomic mass is 10.2. The van der Waals surface area contributed by atoms with E-state index in [-0.39, 0.29) is 10.6 Å². The highest BCUT2D eigenvalue weighted by molar-refractivity contribution is 7.92. The number of hydrogen-bond donors (Lipinski definition) is 1. The van der Waals surface area contributed by atoms with Crippen molar-refractivity contribution >= 4 is 21.4 Å². The van der Waals surface area contributed by atoms with E-state index < -0.39 is 15.8 Å². The van der Waals surface area contributed by atoms with Crippen molar-refractivity contribution in [3.8, 4) is 0 Å². The second-order valence-electron chi connectivity index (χ2n) is 6.14. The molecule has 3 rings (SSSR count). The van der Waals surface area contributed by atoms with Crippen molar-refractivity contribution in [2.24, 2.45) is 0 Å². The molecule has 0 saturated carbocycles. The van der Waals surface area contributed by atoms with Gasteiger partial charge in [-0.3, -0.25) is 4.72 Å². The lowest BCUT2D eigenvalue weighted by molar-refractivity contribution is 0.123. The number of anilines is 2. The smallest absolute Gasteiger partial charge is 0.262 e. The van der Waals surface area contributed by atoms with Crippen LogP contribution in [0.15, 0.2) is 41.3 Å². The van der Waals surface area contributed by atoms with Crippen LogP contribution in [-0.4, -0.2) is 34.7 Å². The zero-order chi connectivity index (χ0) is 18.0. The molecule has 25 heavy (non-hydrogen) atoms. The monoisotopic (exact) mass is 364 g/mol. The summed E-state index contributed by atoms with van der Waals surface area (Å²) in [4.78, 5) is 2.19. The molecular weight excluding hydrogens is 343 g/mol. The molecule has 0 bridgehead atoms. The Hall–Kier alpha value is -2.12. The van der Waals surface area contributed by atoms with Crippen molar-refractivity contribution in [3.05, 3.63) is 53.3 Å². The first-order valence-electron chi connectivity index (χ1n) is 8.09. The lowest BCUT2D eigenvalue weighted by Crippen LogP contribution is -2.36. The molecule has 0 unspecified atom stereocenters. The molecule has 134 valence electrons. The van der Waals surface area contributed by atoms with Gasteiger partial charge in [0, 0.05) is 19.2 Å². The predicted octanol–water partition coefficient (Wildman–Crippen LogP) is 3.08. The number of nitrogens with zero attached hydrogens (tertiary/aromatic N) is 1. The van der Waals surface area contributed by atoms with Gasteiger partial charge in [-0.2, -0.15) is 0 Å². The average molecular weight is 364 g/mol. The Morgan fingerprint density at radius 1 is 1.08 bits per heavy atom. The van der Waals surface area contributed by atoms with Crippen molar-refractivity contribution in [2.75, 3.05) is 35.9 Å². The summed E-state index contributed by atoms with van der Waals surface area (Å²) in [5.41, 5.74) is 2.38. The van der Waals surface area contributed by atoms with Gasteiger partial charge in [0.1, 0.15) is 5.82 Å². The minimum atomic E-state index is -3.82. The molecule has 7 heteroatoms. The number of nitrogens with one attached hydrogen (secondary N) is 1. The van der Waals surface area contributed by atoms with Crippen LogP contribution in [0.2, 0.25) is 0 Å². The quantitative estimate of drug-likeness (QED) is 0.906. The van der Waals surface area contributed by atoms with Crippen LogP contribution in [0.25, 0.3) is 0 Å². The molecule has 1 heterocycles. The van der Waals surface area contributed by atoms with E-state index in [2.05, 4.69) is 4.72 Å². The molecular formula is C18H21FN2O3S. The SMILES string of the molecule is Cc1ccc(C)c(S(=O)(=O)Nc2cc(F)ccc2N2CCOCC2)c1. The standard InChI is InChI=1S/C18H21FN2O3S/c1-13-3-4-14(2)18(11-13)25(22,23)20-16-12-15(19)5-6-17(16)21-7-9-24-10-8-21/h3-6,11-12,20H,7-10H2,1-2H3. The first-order chi connectivity index (χ1) is 11.9. The molecule has 2 aromatic carbocycles. The highest BCUT2D eigenvalue weighted by Crippen LogP contribution is 2.30. The van der Waals surface area contributed by atoms with E-state index in [1.807, 2.05) is 17.9 Å². The van der Waals surface area contributed by atoms with E-state index in [9.17, 15) is 12.8 Å². The Balaban J connectivity index is 1.99. The third-order valence-corrected chi connectivity index (χ3v) is 5.70. The lowest BCUT2D eigenvalue weighted by Gasteiger charge is -2.30. The molecule has 1 aliphatic heterocycles. The number of hydrogen-bond acceptors (Lipinski definition) is 4. The summed E-state index contributed by atoms with van der Waals surface area (Å²) in [6, 6.07) is 9.38. The second kappa shape index (κ2) is 7.01. The summed E-state index contributed by atoms with van der Waals surface area (Å²) >= 11 is 0.